The second-order valence-corrected chi connectivity index (χ2v) is 6.81. The highest BCUT2D eigenvalue weighted by Gasteiger charge is 2.09. The van der Waals surface area contributed by atoms with Crippen LogP contribution in [0, 0.1) is 0 Å². The van der Waals surface area contributed by atoms with Crippen molar-refractivity contribution in [3.05, 3.63) is 115 Å². The standard InChI is InChI=1S/C26H25N3O2/c1-3-9-21(18-19(2)27)20-14-16-22(17-15-20)28-26(30)29-24-12-7-8-13-25(24)31-23-10-5-4-6-11-23/h3-18H,1,27H2,2H3,(H2,28,29,30)/b19-18-,21-9+. The summed E-state index contributed by atoms with van der Waals surface area (Å²) in [7, 11) is 0. The Kier molecular flexibility index (Phi) is 7.27. The van der Waals surface area contributed by atoms with E-state index in [0.29, 0.717) is 28.6 Å². The molecule has 156 valence electrons. The zero-order valence-electron chi connectivity index (χ0n) is 17.3. The molecule has 0 aliphatic rings. The summed E-state index contributed by atoms with van der Waals surface area (Å²) in [6.45, 7) is 5.57. The molecule has 31 heavy (non-hydrogen) atoms. The Morgan fingerprint density at radius 2 is 1.61 bits per heavy atom. The van der Waals surface area contributed by atoms with E-state index < -0.39 is 0 Å². The number of anilines is 2. The third kappa shape index (κ3) is 6.37. The molecule has 4 N–H and O–H groups in total. The van der Waals surface area contributed by atoms with E-state index >= 15 is 0 Å². The summed E-state index contributed by atoms with van der Waals surface area (Å²) in [4.78, 5) is 12.5. The lowest BCUT2D eigenvalue weighted by Crippen LogP contribution is -2.19. The first-order chi connectivity index (χ1) is 15.0. The summed E-state index contributed by atoms with van der Waals surface area (Å²) in [6.07, 6.45) is 5.47. The Hall–Kier alpha value is -4.25. The molecule has 0 aliphatic carbocycles. The fourth-order valence-corrected chi connectivity index (χ4v) is 2.91. The van der Waals surface area contributed by atoms with Crippen LogP contribution in [-0.2, 0) is 0 Å². The van der Waals surface area contributed by atoms with Crippen molar-refractivity contribution >= 4 is 23.0 Å². The number of hydrogen-bond acceptors (Lipinski definition) is 3. The summed E-state index contributed by atoms with van der Waals surface area (Å²) in [5.74, 6) is 1.25. The summed E-state index contributed by atoms with van der Waals surface area (Å²) in [6, 6.07) is 23.8. The molecular formula is C26H25N3O2. The lowest BCUT2D eigenvalue weighted by Gasteiger charge is -2.13. The first-order valence-corrected chi connectivity index (χ1v) is 9.82. The minimum Gasteiger partial charge on any atom is -0.455 e. The maximum absolute atomic E-state index is 12.5. The molecule has 3 aromatic carbocycles. The van der Waals surface area contributed by atoms with Crippen LogP contribution < -0.4 is 21.1 Å². The molecule has 0 aliphatic heterocycles. The number of carbonyl (C=O) groups is 1. The number of ether oxygens (including phenoxy) is 1. The van der Waals surface area contributed by atoms with Crippen LogP contribution in [-0.4, -0.2) is 6.03 Å². The third-order valence-electron chi connectivity index (χ3n) is 4.26. The molecule has 0 bridgehead atoms. The van der Waals surface area contributed by atoms with Gasteiger partial charge in [0.2, 0.25) is 0 Å². The zero-order chi connectivity index (χ0) is 22.1. The van der Waals surface area contributed by atoms with Crippen LogP contribution in [0.5, 0.6) is 11.5 Å². The number of amides is 2. The van der Waals surface area contributed by atoms with E-state index in [1.807, 2.05) is 85.8 Å². The van der Waals surface area contributed by atoms with Gasteiger partial charge in [0.15, 0.2) is 5.75 Å². The number of nitrogens with two attached hydrogens (primary N) is 1. The van der Waals surface area contributed by atoms with Crippen molar-refractivity contribution in [3.8, 4) is 11.5 Å². The van der Waals surface area contributed by atoms with Gasteiger partial charge in [0.25, 0.3) is 0 Å². The van der Waals surface area contributed by atoms with Crippen LogP contribution >= 0.6 is 0 Å². The van der Waals surface area contributed by atoms with Gasteiger partial charge in [-0.1, -0.05) is 61.2 Å². The average molecular weight is 412 g/mol. The highest BCUT2D eigenvalue weighted by Crippen LogP contribution is 2.29. The maximum atomic E-state index is 12.5. The van der Waals surface area contributed by atoms with Gasteiger partial charge < -0.3 is 21.1 Å². The number of hydrogen-bond donors (Lipinski definition) is 3. The maximum Gasteiger partial charge on any atom is 0.323 e. The molecule has 0 unspecified atom stereocenters. The van der Waals surface area contributed by atoms with E-state index in [9.17, 15) is 4.79 Å². The van der Waals surface area contributed by atoms with Gasteiger partial charge in [-0.3, -0.25) is 0 Å². The van der Waals surface area contributed by atoms with Crippen LogP contribution in [0.1, 0.15) is 12.5 Å². The third-order valence-corrected chi connectivity index (χ3v) is 4.26. The molecule has 0 saturated carbocycles. The molecule has 3 aromatic rings. The van der Waals surface area contributed by atoms with E-state index in [1.54, 1.807) is 18.2 Å². The Bertz CT molecular complexity index is 1100. The van der Waals surface area contributed by atoms with E-state index in [1.165, 1.54) is 0 Å². The van der Waals surface area contributed by atoms with Crippen LogP contribution in [0.25, 0.3) is 5.57 Å². The molecule has 0 atom stereocenters. The predicted octanol–water partition coefficient (Wildman–Crippen LogP) is 6.55. The van der Waals surface area contributed by atoms with Gasteiger partial charge in [0, 0.05) is 11.4 Å². The van der Waals surface area contributed by atoms with Crippen LogP contribution in [0.15, 0.2) is 109 Å². The predicted molar refractivity (Wildman–Crippen MR) is 128 cm³/mol. The second-order valence-electron chi connectivity index (χ2n) is 6.81. The Labute approximate surface area is 182 Å². The van der Waals surface area contributed by atoms with Gasteiger partial charge in [-0.05, 0) is 60.5 Å². The first kappa shape index (κ1) is 21.5. The molecule has 5 nitrogen and oxygen atoms in total. The average Bonchev–Trinajstić information content (AvgIpc) is 2.76. The van der Waals surface area contributed by atoms with E-state index in [0.717, 1.165) is 11.1 Å². The molecule has 0 heterocycles. The Balaban J connectivity index is 1.68. The number of urea groups is 1. The Morgan fingerprint density at radius 1 is 0.935 bits per heavy atom. The molecule has 3 rings (SSSR count). The largest absolute Gasteiger partial charge is 0.455 e. The van der Waals surface area contributed by atoms with Gasteiger partial charge >= 0.3 is 6.03 Å². The molecule has 0 saturated heterocycles. The fourth-order valence-electron chi connectivity index (χ4n) is 2.91. The summed E-state index contributed by atoms with van der Waals surface area (Å²) < 4.78 is 5.88. The minimum atomic E-state index is -0.364. The van der Waals surface area contributed by atoms with E-state index in [4.69, 9.17) is 10.5 Å². The molecule has 0 fully saturated rings. The first-order valence-electron chi connectivity index (χ1n) is 9.82. The summed E-state index contributed by atoms with van der Waals surface area (Å²) in [5, 5.41) is 5.67. The number of rotatable bonds is 7. The topological polar surface area (TPSA) is 76.4 Å². The monoisotopic (exact) mass is 411 g/mol. The highest BCUT2D eigenvalue weighted by molar-refractivity contribution is 6.00. The molecule has 0 radical (unpaired) electrons. The van der Waals surface area contributed by atoms with Crippen molar-refractivity contribution in [3.63, 3.8) is 0 Å². The van der Waals surface area contributed by atoms with Crippen molar-refractivity contribution in [1.29, 1.82) is 0 Å². The fraction of sp³-hybridized carbons (Fsp3) is 0.0385. The number of nitrogens with one attached hydrogen (secondary N) is 2. The lowest BCUT2D eigenvalue weighted by molar-refractivity contribution is 0.262. The Morgan fingerprint density at radius 3 is 2.29 bits per heavy atom. The van der Waals surface area contributed by atoms with Crippen molar-refractivity contribution in [2.75, 3.05) is 10.6 Å². The van der Waals surface area contributed by atoms with Gasteiger partial charge in [-0.15, -0.1) is 0 Å². The SMILES string of the molecule is C=C/C=C(\C=C(\C)N)c1ccc(NC(=O)Nc2ccccc2Oc2ccccc2)cc1. The van der Waals surface area contributed by atoms with Crippen molar-refractivity contribution < 1.29 is 9.53 Å². The van der Waals surface area contributed by atoms with Crippen molar-refractivity contribution in [1.82, 2.24) is 0 Å². The van der Waals surface area contributed by atoms with E-state index in [-0.39, 0.29) is 6.03 Å². The van der Waals surface area contributed by atoms with E-state index in [2.05, 4.69) is 17.2 Å². The molecule has 5 heteroatoms. The van der Waals surface area contributed by atoms with Gasteiger partial charge in [0.1, 0.15) is 5.75 Å². The van der Waals surface area contributed by atoms with Gasteiger partial charge in [0.05, 0.1) is 5.69 Å². The number of para-hydroxylation sites is 3. The molecule has 2 amide bonds. The van der Waals surface area contributed by atoms with Crippen LogP contribution in [0.4, 0.5) is 16.2 Å². The van der Waals surface area contributed by atoms with Crippen molar-refractivity contribution in [2.24, 2.45) is 5.73 Å². The van der Waals surface area contributed by atoms with Crippen molar-refractivity contribution in [2.45, 2.75) is 6.92 Å². The summed E-state index contributed by atoms with van der Waals surface area (Å²) in [5.41, 5.74) is 9.64. The van der Waals surface area contributed by atoms with Crippen LogP contribution in [0.3, 0.4) is 0 Å². The molecule has 0 spiro atoms. The normalized spacial score (nSPS) is 11.5. The number of allylic oxidation sites excluding steroid dienone is 5. The summed E-state index contributed by atoms with van der Waals surface area (Å²) >= 11 is 0. The smallest absolute Gasteiger partial charge is 0.323 e. The van der Waals surface area contributed by atoms with Crippen LogP contribution in [0.2, 0.25) is 0 Å². The molecule has 0 aromatic heterocycles. The highest BCUT2D eigenvalue weighted by atomic mass is 16.5. The number of benzene rings is 3. The lowest BCUT2D eigenvalue weighted by atomic mass is 10.0. The minimum absolute atomic E-state index is 0.364. The second kappa shape index (κ2) is 10.5. The quantitative estimate of drug-likeness (QED) is 0.386. The number of carbonyl (C=O) groups excluding carboxylic acids is 1. The van der Waals surface area contributed by atoms with Gasteiger partial charge in [-0.25, -0.2) is 4.79 Å². The zero-order valence-corrected chi connectivity index (χ0v) is 17.3. The molecular weight excluding hydrogens is 386 g/mol. The van der Waals surface area contributed by atoms with Gasteiger partial charge in [-0.2, -0.15) is 0 Å².